The molecule has 2 aliphatic heterocycles. The molecule has 0 bridgehead atoms. The number of anilines is 2. The van der Waals surface area contributed by atoms with Crippen molar-refractivity contribution in [2.75, 3.05) is 17.4 Å². The van der Waals surface area contributed by atoms with Gasteiger partial charge in [-0.25, -0.2) is 9.80 Å². The summed E-state index contributed by atoms with van der Waals surface area (Å²) < 4.78 is 5.20. The molecule has 0 saturated heterocycles. The number of benzene rings is 2. The molecule has 4 rings (SSSR count). The Hall–Kier alpha value is -1.64. The number of carbonyl (C=O) groups excluding carboxylic acids is 1. The smallest absolute Gasteiger partial charge is 0.365 e. The van der Waals surface area contributed by atoms with E-state index < -0.39 is 10.3 Å². The van der Waals surface area contributed by atoms with Gasteiger partial charge in [-0.3, -0.25) is 0 Å². The number of esters is 1. The normalized spacial score (nSPS) is 21.4. The second-order valence-electron chi connectivity index (χ2n) is 5.09. The maximum Gasteiger partial charge on any atom is 0.365 e. The standard InChI is InChI=1S/C16H12BrN3O2S2/c1-22-15(21)14-19-20(11-8-6-10(17)7-9-11)16(24-14)18-12-4-2-3-5-13(12)23-16/h2-9,18H,1H3/t16-/m1/s1. The number of thioether (sulfide) groups is 2. The van der Waals surface area contributed by atoms with Gasteiger partial charge in [0, 0.05) is 9.37 Å². The van der Waals surface area contributed by atoms with E-state index in [1.807, 2.05) is 47.5 Å². The number of nitrogens with one attached hydrogen (secondary N) is 1. The fourth-order valence-corrected chi connectivity index (χ4v) is 5.43. The van der Waals surface area contributed by atoms with Crippen molar-refractivity contribution in [2.45, 2.75) is 9.22 Å². The predicted molar refractivity (Wildman–Crippen MR) is 102 cm³/mol. The molecule has 0 saturated carbocycles. The number of halogens is 1. The van der Waals surface area contributed by atoms with Gasteiger partial charge in [0.15, 0.2) is 0 Å². The first-order valence-corrected chi connectivity index (χ1v) is 9.52. The first kappa shape index (κ1) is 15.9. The maximum absolute atomic E-state index is 12.0. The van der Waals surface area contributed by atoms with Crippen LogP contribution in [0.4, 0.5) is 11.4 Å². The number of hydrazone groups is 1. The van der Waals surface area contributed by atoms with E-state index in [1.165, 1.54) is 18.9 Å². The fourth-order valence-electron chi connectivity index (χ4n) is 2.48. The van der Waals surface area contributed by atoms with E-state index >= 15 is 0 Å². The third kappa shape index (κ3) is 2.58. The van der Waals surface area contributed by atoms with Gasteiger partial charge in [-0.15, -0.1) is 0 Å². The Morgan fingerprint density at radius 1 is 1.21 bits per heavy atom. The van der Waals surface area contributed by atoms with Crippen LogP contribution in [-0.4, -0.2) is 22.4 Å². The Bertz CT molecular complexity index is 816. The molecule has 0 aliphatic carbocycles. The molecule has 1 atom stereocenters. The number of nitrogens with zero attached hydrogens (tertiary/aromatic N) is 2. The zero-order valence-electron chi connectivity index (χ0n) is 12.5. The average molecular weight is 422 g/mol. The highest BCUT2D eigenvalue weighted by Gasteiger charge is 2.51. The van der Waals surface area contributed by atoms with Crippen molar-refractivity contribution in [3.8, 4) is 0 Å². The molecule has 1 N–H and O–H groups in total. The minimum atomic E-state index is -0.638. The lowest BCUT2D eigenvalue weighted by Gasteiger charge is -2.32. The summed E-state index contributed by atoms with van der Waals surface area (Å²) in [5.41, 5.74) is 1.91. The van der Waals surface area contributed by atoms with Gasteiger partial charge in [-0.2, -0.15) is 5.10 Å². The largest absolute Gasteiger partial charge is 0.464 e. The molecule has 0 radical (unpaired) electrons. The van der Waals surface area contributed by atoms with Crippen LogP contribution in [0.25, 0.3) is 0 Å². The van der Waals surface area contributed by atoms with Gasteiger partial charge in [0.2, 0.25) is 9.37 Å². The third-order valence-electron chi connectivity index (χ3n) is 3.56. The van der Waals surface area contributed by atoms with Crippen molar-refractivity contribution in [3.63, 3.8) is 0 Å². The molecule has 8 heteroatoms. The minimum Gasteiger partial charge on any atom is -0.464 e. The molecule has 0 fully saturated rings. The third-order valence-corrected chi connectivity index (χ3v) is 6.71. The second kappa shape index (κ2) is 6.02. The topological polar surface area (TPSA) is 53.9 Å². The Morgan fingerprint density at radius 3 is 2.67 bits per heavy atom. The van der Waals surface area contributed by atoms with Crippen molar-refractivity contribution in [3.05, 3.63) is 53.0 Å². The van der Waals surface area contributed by atoms with Crippen molar-refractivity contribution >= 4 is 61.8 Å². The van der Waals surface area contributed by atoms with Gasteiger partial charge >= 0.3 is 5.97 Å². The lowest BCUT2D eigenvalue weighted by Crippen LogP contribution is -2.41. The summed E-state index contributed by atoms with van der Waals surface area (Å²) in [4.78, 5) is 13.1. The van der Waals surface area contributed by atoms with Crippen LogP contribution in [0, 0.1) is 0 Å². The Balaban J connectivity index is 1.76. The van der Waals surface area contributed by atoms with E-state index in [0.29, 0.717) is 5.04 Å². The van der Waals surface area contributed by atoms with Crippen molar-refractivity contribution in [1.29, 1.82) is 0 Å². The maximum atomic E-state index is 12.0. The van der Waals surface area contributed by atoms with Crippen LogP contribution in [0.15, 0.2) is 63.0 Å². The molecule has 0 unspecified atom stereocenters. The fraction of sp³-hybridized carbons (Fsp3) is 0.125. The predicted octanol–water partition coefficient (Wildman–Crippen LogP) is 4.32. The number of fused-ring (bicyclic) bond motifs is 1. The monoisotopic (exact) mass is 421 g/mol. The van der Waals surface area contributed by atoms with Gasteiger partial charge in [-0.1, -0.05) is 39.8 Å². The summed E-state index contributed by atoms with van der Waals surface area (Å²) in [6.07, 6.45) is 0. The van der Waals surface area contributed by atoms with Crippen molar-refractivity contribution < 1.29 is 9.53 Å². The van der Waals surface area contributed by atoms with Crippen LogP contribution in [0.1, 0.15) is 0 Å². The highest BCUT2D eigenvalue weighted by Crippen LogP contribution is 2.57. The van der Waals surface area contributed by atoms with E-state index in [0.717, 1.165) is 20.7 Å². The molecular formula is C16H12BrN3O2S2. The molecule has 0 aromatic heterocycles. The van der Waals surface area contributed by atoms with Gasteiger partial charge in [-0.05, 0) is 48.2 Å². The Labute approximate surface area is 156 Å². The summed E-state index contributed by atoms with van der Waals surface area (Å²) in [6.45, 7) is 0. The molecule has 0 amide bonds. The van der Waals surface area contributed by atoms with Crippen LogP contribution in [-0.2, 0) is 9.53 Å². The lowest BCUT2D eigenvalue weighted by molar-refractivity contribution is -0.132. The number of para-hydroxylation sites is 1. The summed E-state index contributed by atoms with van der Waals surface area (Å²) in [5.74, 6) is -0.433. The zero-order chi connectivity index (χ0) is 16.7. The van der Waals surface area contributed by atoms with Gasteiger partial charge < -0.3 is 10.1 Å². The lowest BCUT2D eigenvalue weighted by atomic mass is 10.3. The van der Waals surface area contributed by atoms with Gasteiger partial charge in [0.05, 0.1) is 18.5 Å². The van der Waals surface area contributed by atoms with Gasteiger partial charge in [0.25, 0.3) is 0 Å². The molecule has 5 nitrogen and oxygen atoms in total. The van der Waals surface area contributed by atoms with E-state index in [-0.39, 0.29) is 0 Å². The van der Waals surface area contributed by atoms with E-state index in [4.69, 9.17) is 4.74 Å². The number of ether oxygens (including phenoxy) is 1. The molecule has 2 heterocycles. The molecule has 2 aromatic carbocycles. The number of rotatable bonds is 2. The summed E-state index contributed by atoms with van der Waals surface area (Å²) in [7, 11) is 1.37. The molecule has 1 spiro atoms. The second-order valence-corrected chi connectivity index (χ2v) is 8.68. The number of methoxy groups -OCH3 is 1. The first-order chi connectivity index (χ1) is 11.6. The molecule has 24 heavy (non-hydrogen) atoms. The number of hydrogen-bond acceptors (Lipinski definition) is 7. The highest BCUT2D eigenvalue weighted by molar-refractivity contribution is 9.10. The molecule has 2 aromatic rings. The summed E-state index contributed by atoms with van der Waals surface area (Å²) in [5, 5.41) is 10.2. The number of hydrogen-bond donors (Lipinski definition) is 1. The Kier molecular flexibility index (Phi) is 3.98. The first-order valence-electron chi connectivity index (χ1n) is 7.09. The zero-order valence-corrected chi connectivity index (χ0v) is 15.7. The van der Waals surface area contributed by atoms with Crippen LogP contribution in [0.5, 0.6) is 0 Å². The van der Waals surface area contributed by atoms with Crippen LogP contribution in [0.3, 0.4) is 0 Å². The summed E-state index contributed by atoms with van der Waals surface area (Å²) >= 11 is 6.43. The van der Waals surface area contributed by atoms with E-state index in [9.17, 15) is 4.79 Å². The van der Waals surface area contributed by atoms with Crippen molar-refractivity contribution in [1.82, 2.24) is 0 Å². The van der Waals surface area contributed by atoms with Crippen molar-refractivity contribution in [2.24, 2.45) is 5.10 Å². The quantitative estimate of drug-likeness (QED) is 0.728. The van der Waals surface area contributed by atoms with E-state index in [2.05, 4.69) is 32.4 Å². The molecular weight excluding hydrogens is 410 g/mol. The van der Waals surface area contributed by atoms with Gasteiger partial charge in [0.1, 0.15) is 0 Å². The summed E-state index contributed by atoms with van der Waals surface area (Å²) in [6, 6.07) is 15.9. The number of carbonyl (C=O) groups is 1. The van der Waals surface area contributed by atoms with Crippen LogP contribution >= 0.6 is 39.5 Å². The highest BCUT2D eigenvalue weighted by atomic mass is 79.9. The molecule has 2 aliphatic rings. The van der Waals surface area contributed by atoms with Crippen LogP contribution < -0.4 is 10.3 Å². The SMILES string of the molecule is COC(=O)C1=NN(c2ccc(Br)cc2)[C@@]2(Nc3ccccc3S2)S1. The Morgan fingerprint density at radius 2 is 1.96 bits per heavy atom. The minimum absolute atomic E-state index is 0.327. The van der Waals surface area contributed by atoms with Crippen LogP contribution in [0.2, 0.25) is 0 Å². The average Bonchev–Trinajstić information content (AvgIpc) is 3.15. The van der Waals surface area contributed by atoms with E-state index in [1.54, 1.807) is 11.8 Å². The molecule has 122 valence electrons.